The normalized spacial score (nSPS) is 25.1. The van der Waals surface area contributed by atoms with Gasteiger partial charge < -0.3 is 15.0 Å². The van der Waals surface area contributed by atoms with Crippen LogP contribution >= 0.6 is 0 Å². The van der Waals surface area contributed by atoms with Gasteiger partial charge in [0.15, 0.2) is 0 Å². The molecule has 2 fully saturated rings. The van der Waals surface area contributed by atoms with Crippen LogP contribution in [0.1, 0.15) is 43.9 Å². The van der Waals surface area contributed by atoms with Gasteiger partial charge >= 0.3 is 0 Å². The Labute approximate surface area is 127 Å². The fourth-order valence-corrected chi connectivity index (χ4v) is 3.59. The lowest BCUT2D eigenvalue weighted by atomic mass is 10.1. The van der Waals surface area contributed by atoms with E-state index >= 15 is 0 Å². The molecule has 1 aliphatic heterocycles. The fourth-order valence-electron chi connectivity index (χ4n) is 3.59. The van der Waals surface area contributed by atoms with Crippen molar-refractivity contribution in [2.45, 2.75) is 58.2 Å². The summed E-state index contributed by atoms with van der Waals surface area (Å²) in [4.78, 5) is 7.27. The van der Waals surface area contributed by atoms with E-state index in [4.69, 9.17) is 9.72 Å². The molecule has 4 heteroatoms. The second-order valence-corrected chi connectivity index (χ2v) is 6.25. The molecule has 1 saturated heterocycles. The summed E-state index contributed by atoms with van der Waals surface area (Å²) in [5.41, 5.74) is 2.45. The van der Waals surface area contributed by atoms with Crippen LogP contribution in [0.2, 0.25) is 0 Å². The van der Waals surface area contributed by atoms with Crippen LogP contribution in [0.15, 0.2) is 12.1 Å². The Balaban J connectivity index is 1.77. The van der Waals surface area contributed by atoms with Gasteiger partial charge in [0.05, 0.1) is 18.8 Å². The summed E-state index contributed by atoms with van der Waals surface area (Å²) in [6.07, 6.45) is 5.32. The number of aromatic nitrogens is 1. The molecule has 3 rings (SSSR count). The standard InChI is InChI=1S/C17H27N3O/c1-3-7-18-12-14-10-13(2)19-17(11-14)20-8-9-21-16-6-4-5-15(16)20/h10-11,15-16,18H,3-9,12H2,1-2H3. The molecule has 1 N–H and O–H groups in total. The zero-order valence-corrected chi connectivity index (χ0v) is 13.3. The Morgan fingerprint density at radius 2 is 2.29 bits per heavy atom. The molecule has 0 bridgehead atoms. The first-order valence-electron chi connectivity index (χ1n) is 8.34. The van der Waals surface area contributed by atoms with E-state index in [0.717, 1.165) is 37.8 Å². The van der Waals surface area contributed by atoms with Gasteiger partial charge in [0.25, 0.3) is 0 Å². The van der Waals surface area contributed by atoms with Gasteiger partial charge in [-0.2, -0.15) is 0 Å². The van der Waals surface area contributed by atoms with Crippen molar-refractivity contribution >= 4 is 5.82 Å². The molecule has 2 atom stereocenters. The molecule has 2 unspecified atom stereocenters. The topological polar surface area (TPSA) is 37.4 Å². The summed E-state index contributed by atoms with van der Waals surface area (Å²) >= 11 is 0. The van der Waals surface area contributed by atoms with Crippen molar-refractivity contribution in [3.63, 3.8) is 0 Å². The van der Waals surface area contributed by atoms with E-state index in [1.54, 1.807) is 0 Å². The monoisotopic (exact) mass is 289 g/mol. The predicted molar refractivity (Wildman–Crippen MR) is 85.7 cm³/mol. The van der Waals surface area contributed by atoms with Crippen molar-refractivity contribution in [1.82, 2.24) is 10.3 Å². The molecule has 2 aliphatic rings. The molecule has 1 saturated carbocycles. The molecule has 4 nitrogen and oxygen atoms in total. The highest BCUT2D eigenvalue weighted by atomic mass is 16.5. The summed E-state index contributed by atoms with van der Waals surface area (Å²) < 4.78 is 5.91. The lowest BCUT2D eigenvalue weighted by Gasteiger charge is -2.38. The van der Waals surface area contributed by atoms with E-state index in [1.807, 2.05) is 0 Å². The first kappa shape index (κ1) is 14.8. The van der Waals surface area contributed by atoms with Gasteiger partial charge in [-0.15, -0.1) is 0 Å². The van der Waals surface area contributed by atoms with Crippen LogP contribution in [0.3, 0.4) is 0 Å². The Bertz CT molecular complexity index is 477. The van der Waals surface area contributed by atoms with Crippen LogP contribution in [-0.2, 0) is 11.3 Å². The lowest BCUT2D eigenvalue weighted by Crippen LogP contribution is -2.49. The van der Waals surface area contributed by atoms with E-state index in [-0.39, 0.29) is 0 Å². The second kappa shape index (κ2) is 6.75. The van der Waals surface area contributed by atoms with Gasteiger partial charge in [-0.05, 0) is 56.8 Å². The molecule has 0 aromatic carbocycles. The number of nitrogens with zero attached hydrogens (tertiary/aromatic N) is 2. The number of fused-ring (bicyclic) bond motifs is 1. The third-order valence-electron chi connectivity index (χ3n) is 4.53. The molecule has 1 aromatic rings. The van der Waals surface area contributed by atoms with Crippen molar-refractivity contribution in [3.05, 3.63) is 23.4 Å². The van der Waals surface area contributed by atoms with Crippen LogP contribution in [0.4, 0.5) is 5.82 Å². The van der Waals surface area contributed by atoms with Gasteiger partial charge in [-0.25, -0.2) is 4.98 Å². The van der Waals surface area contributed by atoms with Crippen molar-refractivity contribution in [2.75, 3.05) is 24.6 Å². The molecule has 0 spiro atoms. The Kier molecular flexibility index (Phi) is 4.76. The van der Waals surface area contributed by atoms with E-state index in [1.165, 1.54) is 31.2 Å². The number of aryl methyl sites for hydroxylation is 1. The highest BCUT2D eigenvalue weighted by molar-refractivity contribution is 5.45. The molecular weight excluding hydrogens is 262 g/mol. The summed E-state index contributed by atoms with van der Waals surface area (Å²) in [6.45, 7) is 8.10. The van der Waals surface area contributed by atoms with Crippen molar-refractivity contribution in [1.29, 1.82) is 0 Å². The van der Waals surface area contributed by atoms with Gasteiger partial charge in [0.2, 0.25) is 0 Å². The van der Waals surface area contributed by atoms with Crippen LogP contribution in [-0.4, -0.2) is 36.8 Å². The maximum atomic E-state index is 5.91. The maximum Gasteiger partial charge on any atom is 0.129 e. The van der Waals surface area contributed by atoms with Gasteiger partial charge in [-0.3, -0.25) is 0 Å². The van der Waals surface area contributed by atoms with E-state index < -0.39 is 0 Å². The SMILES string of the molecule is CCCNCc1cc(C)nc(N2CCOC3CCCC32)c1. The minimum Gasteiger partial charge on any atom is -0.374 e. The number of morpholine rings is 1. The van der Waals surface area contributed by atoms with Crippen molar-refractivity contribution in [2.24, 2.45) is 0 Å². The lowest BCUT2D eigenvalue weighted by molar-refractivity contribution is 0.0253. The summed E-state index contributed by atoms with van der Waals surface area (Å²) in [5.74, 6) is 1.14. The number of rotatable bonds is 5. The number of hydrogen-bond donors (Lipinski definition) is 1. The zero-order chi connectivity index (χ0) is 14.7. The third kappa shape index (κ3) is 3.38. The van der Waals surface area contributed by atoms with Crippen molar-refractivity contribution in [3.8, 4) is 0 Å². The molecule has 0 radical (unpaired) electrons. The third-order valence-corrected chi connectivity index (χ3v) is 4.53. The molecule has 2 heterocycles. The highest BCUT2D eigenvalue weighted by Gasteiger charge is 2.36. The minimum absolute atomic E-state index is 0.419. The van der Waals surface area contributed by atoms with E-state index in [2.05, 4.69) is 36.2 Å². The number of ether oxygens (including phenoxy) is 1. The Morgan fingerprint density at radius 3 is 3.14 bits per heavy atom. The fraction of sp³-hybridized carbons (Fsp3) is 0.706. The zero-order valence-electron chi connectivity index (χ0n) is 13.3. The molecule has 1 aromatic heterocycles. The second-order valence-electron chi connectivity index (χ2n) is 6.25. The average Bonchev–Trinajstić information content (AvgIpc) is 2.95. The van der Waals surface area contributed by atoms with Crippen LogP contribution in [0, 0.1) is 6.92 Å². The number of hydrogen-bond acceptors (Lipinski definition) is 4. The summed E-state index contributed by atoms with van der Waals surface area (Å²) in [6, 6.07) is 4.99. The largest absolute Gasteiger partial charge is 0.374 e. The Morgan fingerprint density at radius 1 is 1.38 bits per heavy atom. The average molecular weight is 289 g/mol. The van der Waals surface area contributed by atoms with E-state index in [0.29, 0.717) is 12.1 Å². The molecule has 21 heavy (non-hydrogen) atoms. The number of nitrogens with one attached hydrogen (secondary N) is 1. The Hall–Kier alpha value is -1.13. The molecule has 0 amide bonds. The van der Waals surface area contributed by atoms with Gasteiger partial charge in [0.1, 0.15) is 5.82 Å². The van der Waals surface area contributed by atoms with Gasteiger partial charge in [-0.1, -0.05) is 6.92 Å². The molecule has 1 aliphatic carbocycles. The smallest absolute Gasteiger partial charge is 0.129 e. The number of anilines is 1. The number of pyridine rings is 1. The summed E-state index contributed by atoms with van der Waals surface area (Å²) in [5, 5.41) is 3.48. The maximum absolute atomic E-state index is 5.91. The van der Waals surface area contributed by atoms with Crippen LogP contribution < -0.4 is 10.2 Å². The minimum atomic E-state index is 0.419. The van der Waals surface area contributed by atoms with Gasteiger partial charge in [0, 0.05) is 18.8 Å². The predicted octanol–water partition coefficient (Wildman–Crippen LogP) is 2.65. The first-order chi connectivity index (χ1) is 10.3. The summed E-state index contributed by atoms with van der Waals surface area (Å²) in [7, 11) is 0. The van der Waals surface area contributed by atoms with E-state index in [9.17, 15) is 0 Å². The molecule has 116 valence electrons. The van der Waals surface area contributed by atoms with Crippen LogP contribution in [0.25, 0.3) is 0 Å². The van der Waals surface area contributed by atoms with Crippen LogP contribution in [0.5, 0.6) is 0 Å². The first-order valence-corrected chi connectivity index (χ1v) is 8.34. The quantitative estimate of drug-likeness (QED) is 0.846. The highest BCUT2D eigenvalue weighted by Crippen LogP contribution is 2.32. The van der Waals surface area contributed by atoms with Crippen molar-refractivity contribution < 1.29 is 4.74 Å². The molecular formula is C17H27N3O.